The van der Waals surface area contributed by atoms with Crippen molar-refractivity contribution in [3.63, 3.8) is 0 Å². The van der Waals surface area contributed by atoms with Crippen LogP contribution >= 0.6 is 0 Å². The molecule has 2 aromatic rings. The van der Waals surface area contributed by atoms with Gasteiger partial charge in [0.15, 0.2) is 17.2 Å². The maximum atomic E-state index is 12.3. The summed E-state index contributed by atoms with van der Waals surface area (Å²) < 4.78 is 12.2. The van der Waals surface area contributed by atoms with Gasteiger partial charge in [-0.1, -0.05) is 13.0 Å². The summed E-state index contributed by atoms with van der Waals surface area (Å²) in [4.78, 5) is 16.7. The van der Waals surface area contributed by atoms with Crippen LogP contribution in [0.3, 0.4) is 0 Å². The Kier molecular flexibility index (Phi) is 5.95. The van der Waals surface area contributed by atoms with E-state index in [0.29, 0.717) is 29.4 Å². The summed E-state index contributed by atoms with van der Waals surface area (Å²) in [5.41, 5.74) is 1.66. The fourth-order valence-corrected chi connectivity index (χ4v) is 2.26. The molecular weight excluding hydrogens is 308 g/mol. The first-order chi connectivity index (χ1) is 11.6. The Labute approximate surface area is 141 Å². The van der Waals surface area contributed by atoms with Gasteiger partial charge in [-0.25, -0.2) is 0 Å². The van der Waals surface area contributed by atoms with E-state index >= 15 is 0 Å². The third-order valence-corrected chi connectivity index (χ3v) is 3.45. The van der Waals surface area contributed by atoms with Crippen LogP contribution in [0.1, 0.15) is 29.4 Å². The lowest BCUT2D eigenvalue weighted by Crippen LogP contribution is -2.26. The van der Waals surface area contributed by atoms with Crippen molar-refractivity contribution < 1.29 is 14.3 Å². The van der Waals surface area contributed by atoms with E-state index in [-0.39, 0.29) is 5.91 Å². The van der Waals surface area contributed by atoms with Gasteiger partial charge in [0.25, 0.3) is 5.91 Å². The van der Waals surface area contributed by atoms with Gasteiger partial charge in [0.2, 0.25) is 0 Å². The van der Waals surface area contributed by atoms with Crippen LogP contribution in [0.15, 0.2) is 29.4 Å². The molecule has 0 aliphatic carbocycles. The number of carbonyl (C=O) groups is 1. The summed E-state index contributed by atoms with van der Waals surface area (Å²) in [7, 11) is 4.87. The topological polar surface area (TPSA) is 77.7 Å². The number of aliphatic imine (C=N–C) groups is 1. The number of hydrogen-bond donors (Lipinski definition) is 1. The molecular formula is C17H22N4O3. The number of ether oxygens (including phenoxy) is 2. The number of carbonyl (C=O) groups excluding carboxylic acids is 1. The SMILES string of the molecule is CCCNC(=O)c1c(N=Cc2cccc(OC)c2OC)cnn1C. The second-order valence-electron chi connectivity index (χ2n) is 5.10. The molecule has 0 spiro atoms. The van der Waals surface area contributed by atoms with Gasteiger partial charge in [-0.3, -0.25) is 14.5 Å². The minimum atomic E-state index is -0.193. The van der Waals surface area contributed by atoms with Gasteiger partial charge in [-0.15, -0.1) is 0 Å². The molecule has 0 bridgehead atoms. The van der Waals surface area contributed by atoms with E-state index in [0.717, 1.165) is 12.0 Å². The highest BCUT2D eigenvalue weighted by molar-refractivity contribution is 5.98. The molecule has 0 atom stereocenters. The molecule has 0 aliphatic rings. The Bertz CT molecular complexity index is 737. The Morgan fingerprint density at radius 3 is 2.83 bits per heavy atom. The van der Waals surface area contributed by atoms with Gasteiger partial charge < -0.3 is 14.8 Å². The van der Waals surface area contributed by atoms with Crippen molar-refractivity contribution in [2.24, 2.45) is 12.0 Å². The third-order valence-electron chi connectivity index (χ3n) is 3.45. The molecule has 0 unspecified atom stereocenters. The molecule has 128 valence electrons. The van der Waals surface area contributed by atoms with Gasteiger partial charge in [0.1, 0.15) is 5.69 Å². The summed E-state index contributed by atoms with van der Waals surface area (Å²) in [6.07, 6.45) is 4.06. The van der Waals surface area contributed by atoms with Gasteiger partial charge in [-0.05, 0) is 18.6 Å². The van der Waals surface area contributed by atoms with Crippen LogP contribution in [0.25, 0.3) is 0 Å². The molecule has 24 heavy (non-hydrogen) atoms. The predicted molar refractivity (Wildman–Crippen MR) is 92.6 cm³/mol. The third kappa shape index (κ3) is 3.73. The molecule has 1 aromatic heterocycles. The van der Waals surface area contributed by atoms with Crippen molar-refractivity contribution in [1.29, 1.82) is 0 Å². The van der Waals surface area contributed by atoms with Crippen molar-refractivity contribution in [2.75, 3.05) is 20.8 Å². The Hall–Kier alpha value is -2.83. The summed E-state index contributed by atoms with van der Waals surface area (Å²) in [6.45, 7) is 2.61. The minimum absolute atomic E-state index is 0.193. The number of aromatic nitrogens is 2. The zero-order valence-electron chi connectivity index (χ0n) is 14.4. The van der Waals surface area contributed by atoms with Crippen LogP contribution in [0.4, 0.5) is 5.69 Å². The van der Waals surface area contributed by atoms with E-state index in [2.05, 4.69) is 15.4 Å². The molecule has 1 amide bonds. The number of methoxy groups -OCH3 is 2. The zero-order chi connectivity index (χ0) is 17.5. The first-order valence-corrected chi connectivity index (χ1v) is 7.67. The van der Waals surface area contributed by atoms with Crippen LogP contribution in [-0.4, -0.2) is 42.7 Å². The molecule has 0 fully saturated rings. The number of rotatable bonds is 7. The summed E-state index contributed by atoms with van der Waals surface area (Å²) in [5, 5.41) is 6.96. The van der Waals surface area contributed by atoms with E-state index in [1.54, 1.807) is 33.7 Å². The monoisotopic (exact) mass is 330 g/mol. The normalized spacial score (nSPS) is 10.8. The molecule has 1 heterocycles. The fourth-order valence-electron chi connectivity index (χ4n) is 2.26. The molecule has 7 heteroatoms. The average molecular weight is 330 g/mol. The first-order valence-electron chi connectivity index (χ1n) is 7.67. The molecule has 1 N–H and O–H groups in total. The van der Waals surface area contributed by atoms with Crippen molar-refractivity contribution >= 4 is 17.8 Å². The summed E-state index contributed by atoms with van der Waals surface area (Å²) in [6, 6.07) is 5.52. The second kappa shape index (κ2) is 8.14. The molecule has 0 radical (unpaired) electrons. The number of nitrogens with one attached hydrogen (secondary N) is 1. The number of hydrogen-bond acceptors (Lipinski definition) is 5. The highest BCUT2D eigenvalue weighted by Gasteiger charge is 2.16. The van der Waals surface area contributed by atoms with Gasteiger partial charge in [-0.2, -0.15) is 5.10 Å². The summed E-state index contributed by atoms with van der Waals surface area (Å²) in [5.74, 6) is 1.01. The maximum absolute atomic E-state index is 12.3. The van der Waals surface area contributed by atoms with Crippen molar-refractivity contribution in [1.82, 2.24) is 15.1 Å². The van der Waals surface area contributed by atoms with Crippen LogP contribution in [0, 0.1) is 0 Å². The largest absolute Gasteiger partial charge is 0.493 e. The lowest BCUT2D eigenvalue weighted by molar-refractivity contribution is 0.0945. The Balaban J connectivity index is 2.32. The van der Waals surface area contributed by atoms with Crippen LogP contribution < -0.4 is 14.8 Å². The highest BCUT2D eigenvalue weighted by atomic mass is 16.5. The number of aryl methyl sites for hydroxylation is 1. The molecule has 0 saturated heterocycles. The predicted octanol–water partition coefficient (Wildman–Crippen LogP) is 2.33. The van der Waals surface area contributed by atoms with Gasteiger partial charge in [0.05, 0.1) is 20.4 Å². The quantitative estimate of drug-likeness (QED) is 0.790. The average Bonchev–Trinajstić information content (AvgIpc) is 2.97. The van der Waals surface area contributed by atoms with Gasteiger partial charge >= 0.3 is 0 Å². The standard InChI is InChI=1S/C17H22N4O3/c1-5-9-18-17(22)15-13(11-20-21(15)2)19-10-12-7-6-8-14(23-3)16(12)24-4/h6-8,10-11H,5,9H2,1-4H3,(H,18,22). The summed E-state index contributed by atoms with van der Waals surface area (Å²) >= 11 is 0. The molecule has 0 aliphatic heterocycles. The van der Waals surface area contributed by atoms with Crippen molar-refractivity contribution in [2.45, 2.75) is 13.3 Å². The van der Waals surface area contributed by atoms with E-state index in [9.17, 15) is 4.79 Å². The number of benzene rings is 1. The minimum Gasteiger partial charge on any atom is -0.493 e. The van der Waals surface area contributed by atoms with Crippen molar-refractivity contribution in [3.8, 4) is 11.5 Å². The molecule has 0 saturated carbocycles. The highest BCUT2D eigenvalue weighted by Crippen LogP contribution is 2.30. The maximum Gasteiger partial charge on any atom is 0.271 e. The van der Waals surface area contributed by atoms with E-state index < -0.39 is 0 Å². The second-order valence-corrected chi connectivity index (χ2v) is 5.10. The van der Waals surface area contributed by atoms with Crippen LogP contribution in [-0.2, 0) is 7.05 Å². The van der Waals surface area contributed by atoms with Crippen molar-refractivity contribution in [3.05, 3.63) is 35.7 Å². The first kappa shape index (κ1) is 17.5. The van der Waals surface area contributed by atoms with Crippen LogP contribution in [0.5, 0.6) is 11.5 Å². The van der Waals surface area contributed by atoms with E-state index in [1.807, 2.05) is 25.1 Å². The number of nitrogens with zero attached hydrogens (tertiary/aromatic N) is 3. The molecule has 2 rings (SSSR count). The number of para-hydroxylation sites is 1. The smallest absolute Gasteiger partial charge is 0.271 e. The molecule has 7 nitrogen and oxygen atoms in total. The Morgan fingerprint density at radius 1 is 1.38 bits per heavy atom. The zero-order valence-corrected chi connectivity index (χ0v) is 14.4. The van der Waals surface area contributed by atoms with E-state index in [1.165, 1.54) is 4.68 Å². The number of amides is 1. The Morgan fingerprint density at radius 2 is 2.17 bits per heavy atom. The fraction of sp³-hybridized carbons (Fsp3) is 0.353. The lowest BCUT2D eigenvalue weighted by atomic mass is 10.2. The van der Waals surface area contributed by atoms with E-state index in [4.69, 9.17) is 9.47 Å². The lowest BCUT2D eigenvalue weighted by Gasteiger charge is -2.09. The van der Waals surface area contributed by atoms with Crippen LogP contribution in [0.2, 0.25) is 0 Å². The van der Waals surface area contributed by atoms with Gasteiger partial charge in [0, 0.05) is 25.4 Å². The molecule has 1 aromatic carbocycles.